The Morgan fingerprint density at radius 1 is 1.41 bits per heavy atom. The lowest BCUT2D eigenvalue weighted by atomic mass is 10.0. The zero-order valence-corrected chi connectivity index (χ0v) is 18.0. The van der Waals surface area contributed by atoms with Crippen molar-refractivity contribution in [1.82, 2.24) is 0 Å². The van der Waals surface area contributed by atoms with Gasteiger partial charge in [0.05, 0.1) is 30.5 Å². The highest BCUT2D eigenvalue weighted by molar-refractivity contribution is 7.16. The Bertz CT molecular complexity index is 1030. The van der Waals surface area contributed by atoms with Gasteiger partial charge in [-0.05, 0) is 25.0 Å². The molecule has 1 aromatic carbocycles. The number of methoxy groups -OCH3 is 2. The van der Waals surface area contributed by atoms with Crippen LogP contribution in [0.5, 0.6) is 11.5 Å². The minimum Gasteiger partial charge on any atom is -0.496 e. The fourth-order valence-electron chi connectivity index (χ4n) is 3.17. The summed E-state index contributed by atoms with van der Waals surface area (Å²) in [7, 11) is 3.04. The number of rotatable bonds is 6. The summed E-state index contributed by atoms with van der Waals surface area (Å²) in [6, 6.07) is 5.51. The smallest absolute Gasteiger partial charge is 0.269 e. The number of hydrogen-bond donors (Lipinski definition) is 1. The van der Waals surface area contributed by atoms with Crippen molar-refractivity contribution in [2.24, 2.45) is 5.16 Å². The molecule has 29 heavy (non-hydrogen) atoms. The second-order valence-electron chi connectivity index (χ2n) is 6.32. The predicted molar refractivity (Wildman–Crippen MR) is 112 cm³/mol. The van der Waals surface area contributed by atoms with Crippen molar-refractivity contribution in [3.8, 4) is 17.6 Å². The molecule has 9 heteroatoms. The number of thiophene rings is 1. The van der Waals surface area contributed by atoms with Crippen molar-refractivity contribution in [3.05, 3.63) is 38.7 Å². The van der Waals surface area contributed by atoms with E-state index in [1.807, 2.05) is 13.8 Å². The second kappa shape index (κ2) is 8.72. The summed E-state index contributed by atoms with van der Waals surface area (Å²) < 4.78 is 10.6. The van der Waals surface area contributed by atoms with Crippen LogP contribution >= 0.6 is 22.9 Å². The molecule has 0 unspecified atom stereocenters. The van der Waals surface area contributed by atoms with Crippen molar-refractivity contribution < 1.29 is 19.1 Å². The van der Waals surface area contributed by atoms with Gasteiger partial charge in [-0.1, -0.05) is 23.7 Å². The van der Waals surface area contributed by atoms with E-state index in [4.69, 9.17) is 25.9 Å². The number of nitrogens with zero attached hydrogens (tertiary/aromatic N) is 2. The van der Waals surface area contributed by atoms with Crippen molar-refractivity contribution in [2.45, 2.75) is 32.8 Å². The Morgan fingerprint density at radius 2 is 2.14 bits per heavy atom. The lowest BCUT2D eigenvalue weighted by Crippen LogP contribution is -2.28. The van der Waals surface area contributed by atoms with Gasteiger partial charge in [0.2, 0.25) is 6.10 Å². The quantitative estimate of drug-likeness (QED) is 0.733. The number of carbonyl (C=O) groups excluding carboxylic acids is 1. The maximum Gasteiger partial charge on any atom is 0.269 e. The van der Waals surface area contributed by atoms with Crippen molar-refractivity contribution in [3.63, 3.8) is 0 Å². The summed E-state index contributed by atoms with van der Waals surface area (Å²) in [5.74, 6) is 0.635. The fourth-order valence-corrected chi connectivity index (χ4v) is 4.50. The number of benzene rings is 1. The van der Waals surface area contributed by atoms with Crippen molar-refractivity contribution in [2.75, 3.05) is 19.5 Å². The highest BCUT2D eigenvalue weighted by Gasteiger charge is 2.32. The largest absolute Gasteiger partial charge is 0.496 e. The molecular weight excluding hydrogens is 414 g/mol. The van der Waals surface area contributed by atoms with E-state index in [-0.39, 0.29) is 12.3 Å². The van der Waals surface area contributed by atoms with E-state index in [2.05, 4.69) is 16.5 Å². The second-order valence-corrected chi connectivity index (χ2v) is 7.95. The molecule has 0 aliphatic carbocycles. The molecule has 1 amide bonds. The lowest BCUT2D eigenvalue weighted by Gasteiger charge is -2.11. The Balaban J connectivity index is 1.77. The topological polar surface area (TPSA) is 92.9 Å². The molecule has 2 aromatic rings. The van der Waals surface area contributed by atoms with E-state index >= 15 is 0 Å². The summed E-state index contributed by atoms with van der Waals surface area (Å²) in [4.78, 5) is 19.1. The molecule has 1 atom stereocenters. The van der Waals surface area contributed by atoms with E-state index in [1.54, 1.807) is 12.1 Å². The summed E-state index contributed by atoms with van der Waals surface area (Å²) >= 11 is 7.61. The highest BCUT2D eigenvalue weighted by Crippen LogP contribution is 2.36. The average molecular weight is 434 g/mol. The monoisotopic (exact) mass is 433 g/mol. The molecule has 0 fully saturated rings. The molecule has 1 aliphatic rings. The number of carbonyl (C=O) groups is 1. The Labute approximate surface area is 177 Å². The van der Waals surface area contributed by atoms with Crippen LogP contribution in [0.25, 0.3) is 0 Å². The number of ether oxygens (including phenoxy) is 2. The standard InChI is InChI=1S/C20H20ClN3O4S/c1-5-11-10(2)29-20(13(11)9-22)23-19(25)18-7-15(24-28-18)12-6-14(21)17(27-4)8-16(12)26-3/h6,8,18H,5,7H2,1-4H3,(H,23,25)/t18-/m0/s1. The van der Waals surface area contributed by atoms with Crippen molar-refractivity contribution >= 4 is 39.6 Å². The zero-order valence-electron chi connectivity index (χ0n) is 16.5. The number of hydrogen-bond acceptors (Lipinski definition) is 7. The molecule has 1 aliphatic heterocycles. The molecular formula is C20H20ClN3O4S. The fraction of sp³-hybridized carbons (Fsp3) is 0.350. The molecule has 0 saturated carbocycles. The number of nitriles is 1. The average Bonchev–Trinajstić information content (AvgIpc) is 3.31. The lowest BCUT2D eigenvalue weighted by molar-refractivity contribution is -0.125. The zero-order chi connectivity index (χ0) is 21.1. The van der Waals surface area contributed by atoms with E-state index in [9.17, 15) is 10.1 Å². The number of amides is 1. The number of anilines is 1. The van der Waals surface area contributed by atoms with Crippen molar-refractivity contribution in [1.29, 1.82) is 5.26 Å². The van der Waals surface area contributed by atoms with Crippen LogP contribution in [0, 0.1) is 18.3 Å². The van der Waals surface area contributed by atoms with Gasteiger partial charge >= 0.3 is 0 Å². The van der Waals surface area contributed by atoms with Crippen LogP contribution in [0.4, 0.5) is 5.00 Å². The first-order valence-electron chi connectivity index (χ1n) is 8.91. The molecule has 0 bridgehead atoms. The molecule has 2 heterocycles. The molecule has 1 aromatic heterocycles. The third-order valence-electron chi connectivity index (χ3n) is 4.66. The maximum atomic E-state index is 12.7. The molecule has 152 valence electrons. The third-order valence-corrected chi connectivity index (χ3v) is 6.02. The maximum absolute atomic E-state index is 12.7. The van der Waals surface area contributed by atoms with Gasteiger partial charge in [0.25, 0.3) is 5.91 Å². The van der Waals surface area contributed by atoms with Gasteiger partial charge in [-0.15, -0.1) is 11.3 Å². The van der Waals surface area contributed by atoms with Crippen LogP contribution in [0.1, 0.15) is 34.9 Å². The van der Waals surface area contributed by atoms with Crippen LogP contribution in [-0.4, -0.2) is 31.9 Å². The van der Waals surface area contributed by atoms with Crippen LogP contribution in [0.15, 0.2) is 17.3 Å². The van der Waals surface area contributed by atoms with Gasteiger partial charge in [0.15, 0.2) is 0 Å². The first-order valence-corrected chi connectivity index (χ1v) is 10.1. The minimum absolute atomic E-state index is 0.248. The van der Waals surface area contributed by atoms with Crippen LogP contribution in [-0.2, 0) is 16.1 Å². The normalized spacial score (nSPS) is 15.3. The van der Waals surface area contributed by atoms with Gasteiger partial charge in [-0.25, -0.2) is 0 Å². The van der Waals surface area contributed by atoms with E-state index < -0.39 is 6.10 Å². The number of aryl methyl sites for hydroxylation is 1. The molecule has 0 saturated heterocycles. The van der Waals surface area contributed by atoms with Crippen LogP contribution < -0.4 is 14.8 Å². The number of nitrogens with one attached hydrogen (secondary N) is 1. The number of halogens is 1. The number of oxime groups is 1. The van der Waals surface area contributed by atoms with Gasteiger partial charge in [0.1, 0.15) is 22.6 Å². The molecule has 0 radical (unpaired) electrons. The van der Waals surface area contributed by atoms with E-state index in [1.165, 1.54) is 25.6 Å². The SMILES string of the molecule is CCc1c(C)sc(NC(=O)[C@@H]2CC(c3cc(Cl)c(OC)cc3OC)=NO2)c1C#N. The molecule has 3 rings (SSSR count). The van der Waals surface area contributed by atoms with Gasteiger partial charge in [0, 0.05) is 22.9 Å². The highest BCUT2D eigenvalue weighted by atomic mass is 35.5. The minimum atomic E-state index is -0.811. The summed E-state index contributed by atoms with van der Waals surface area (Å²) in [5.41, 5.74) is 2.64. The Hall–Kier alpha value is -2.76. The van der Waals surface area contributed by atoms with Crippen LogP contribution in [0.2, 0.25) is 5.02 Å². The van der Waals surface area contributed by atoms with E-state index in [0.29, 0.717) is 38.4 Å². The predicted octanol–water partition coefficient (Wildman–Crippen LogP) is 4.29. The summed E-state index contributed by atoms with van der Waals surface area (Å²) in [6.07, 6.45) is 0.166. The van der Waals surface area contributed by atoms with Gasteiger partial charge in [-0.3, -0.25) is 4.79 Å². The summed E-state index contributed by atoms with van der Waals surface area (Å²) in [6.45, 7) is 3.92. The molecule has 0 spiro atoms. The van der Waals surface area contributed by atoms with E-state index in [0.717, 1.165) is 16.9 Å². The summed E-state index contributed by atoms with van der Waals surface area (Å²) in [5, 5.41) is 17.3. The Kier molecular flexibility index (Phi) is 6.30. The molecule has 7 nitrogen and oxygen atoms in total. The third kappa shape index (κ3) is 4.02. The molecule has 1 N–H and O–H groups in total. The van der Waals surface area contributed by atoms with Gasteiger partial charge < -0.3 is 19.6 Å². The first kappa shape index (κ1) is 21.0. The van der Waals surface area contributed by atoms with Crippen LogP contribution in [0.3, 0.4) is 0 Å². The Morgan fingerprint density at radius 3 is 2.76 bits per heavy atom. The first-order chi connectivity index (χ1) is 13.9. The van der Waals surface area contributed by atoms with Gasteiger partial charge in [-0.2, -0.15) is 5.26 Å².